The van der Waals surface area contributed by atoms with Crippen LogP contribution in [0, 0.1) is 6.92 Å². The lowest BCUT2D eigenvalue weighted by Gasteiger charge is -2.34. The number of aryl methyl sites for hydroxylation is 1. The number of nitrogens with one attached hydrogen (secondary N) is 1. The molecule has 2 aromatic heterocycles. The number of piperidine rings is 1. The van der Waals surface area contributed by atoms with Gasteiger partial charge in [0.05, 0.1) is 12.2 Å². The van der Waals surface area contributed by atoms with Gasteiger partial charge >= 0.3 is 6.03 Å². The Bertz CT molecular complexity index is 582. The van der Waals surface area contributed by atoms with Crippen molar-refractivity contribution in [2.24, 2.45) is 0 Å². The molecule has 0 radical (unpaired) electrons. The van der Waals surface area contributed by atoms with E-state index in [-0.39, 0.29) is 12.1 Å². The van der Waals surface area contributed by atoms with E-state index < -0.39 is 0 Å². The SMILES string of the molecule is Cc1cc([C@@H]2CCCCN2C(=O)Nc2cnns2)no1. The zero-order valence-electron chi connectivity index (χ0n) is 11.1. The Morgan fingerprint density at radius 1 is 1.55 bits per heavy atom. The number of amides is 2. The van der Waals surface area contributed by atoms with E-state index in [0.29, 0.717) is 11.5 Å². The zero-order chi connectivity index (χ0) is 13.9. The molecular formula is C12H15N5O2S. The first-order valence-corrected chi connectivity index (χ1v) is 7.29. The second-order valence-corrected chi connectivity index (χ2v) is 5.57. The van der Waals surface area contributed by atoms with Crippen LogP contribution in [0.3, 0.4) is 0 Å². The van der Waals surface area contributed by atoms with Crippen LogP contribution >= 0.6 is 11.5 Å². The fourth-order valence-electron chi connectivity index (χ4n) is 2.42. The van der Waals surface area contributed by atoms with Gasteiger partial charge in [-0.25, -0.2) is 4.79 Å². The molecule has 2 aromatic rings. The molecule has 7 nitrogen and oxygen atoms in total. The van der Waals surface area contributed by atoms with Gasteiger partial charge in [0.25, 0.3) is 0 Å². The van der Waals surface area contributed by atoms with E-state index >= 15 is 0 Å². The molecule has 0 unspecified atom stereocenters. The van der Waals surface area contributed by atoms with Gasteiger partial charge in [0.15, 0.2) is 0 Å². The number of likely N-dealkylation sites (tertiary alicyclic amines) is 1. The molecule has 3 rings (SSSR count). The van der Waals surface area contributed by atoms with Crippen LogP contribution in [0.2, 0.25) is 0 Å². The number of hydrogen-bond donors (Lipinski definition) is 1. The largest absolute Gasteiger partial charge is 0.361 e. The lowest BCUT2D eigenvalue weighted by molar-refractivity contribution is 0.159. The summed E-state index contributed by atoms with van der Waals surface area (Å²) >= 11 is 1.16. The van der Waals surface area contributed by atoms with Crippen molar-refractivity contribution in [1.29, 1.82) is 0 Å². The molecule has 106 valence electrons. The maximum Gasteiger partial charge on any atom is 0.323 e. The van der Waals surface area contributed by atoms with E-state index in [1.54, 1.807) is 11.1 Å². The van der Waals surface area contributed by atoms with E-state index in [1.807, 2.05) is 13.0 Å². The molecule has 8 heteroatoms. The van der Waals surface area contributed by atoms with E-state index in [0.717, 1.165) is 42.2 Å². The number of hydrogen-bond acceptors (Lipinski definition) is 6. The Morgan fingerprint density at radius 3 is 3.15 bits per heavy atom. The van der Waals surface area contributed by atoms with Gasteiger partial charge in [0, 0.05) is 24.1 Å². The molecule has 0 bridgehead atoms. The van der Waals surface area contributed by atoms with Crippen molar-refractivity contribution in [3.63, 3.8) is 0 Å². The highest BCUT2D eigenvalue weighted by Crippen LogP contribution is 2.31. The number of anilines is 1. The lowest BCUT2D eigenvalue weighted by Crippen LogP contribution is -2.41. The van der Waals surface area contributed by atoms with Crippen LogP contribution in [0.5, 0.6) is 0 Å². The van der Waals surface area contributed by atoms with Crippen molar-refractivity contribution < 1.29 is 9.32 Å². The summed E-state index contributed by atoms with van der Waals surface area (Å²) in [5, 5.41) is 11.2. The van der Waals surface area contributed by atoms with Crippen molar-refractivity contribution in [2.45, 2.75) is 32.2 Å². The second-order valence-electron chi connectivity index (χ2n) is 4.78. The minimum absolute atomic E-state index is 0.0259. The zero-order valence-corrected chi connectivity index (χ0v) is 11.9. The molecule has 1 N–H and O–H groups in total. The summed E-state index contributed by atoms with van der Waals surface area (Å²) in [6.45, 7) is 2.57. The summed E-state index contributed by atoms with van der Waals surface area (Å²) in [5.41, 5.74) is 0.819. The van der Waals surface area contributed by atoms with Gasteiger partial charge in [-0.1, -0.05) is 9.64 Å². The molecule has 1 atom stereocenters. The fraction of sp³-hybridized carbons (Fsp3) is 0.500. The van der Waals surface area contributed by atoms with Crippen molar-refractivity contribution in [3.8, 4) is 0 Å². The molecule has 0 aromatic carbocycles. The van der Waals surface area contributed by atoms with Gasteiger partial charge in [0.2, 0.25) is 0 Å². The highest BCUT2D eigenvalue weighted by Gasteiger charge is 2.30. The highest BCUT2D eigenvalue weighted by molar-refractivity contribution is 7.10. The van der Waals surface area contributed by atoms with Crippen molar-refractivity contribution in [3.05, 3.63) is 23.7 Å². The monoisotopic (exact) mass is 293 g/mol. The Balaban J connectivity index is 1.76. The second kappa shape index (κ2) is 5.58. The van der Waals surface area contributed by atoms with Crippen LogP contribution in [-0.4, -0.2) is 32.2 Å². The molecule has 0 saturated carbocycles. The topological polar surface area (TPSA) is 84.2 Å². The number of nitrogens with zero attached hydrogens (tertiary/aromatic N) is 4. The maximum absolute atomic E-state index is 12.4. The van der Waals surface area contributed by atoms with E-state index in [4.69, 9.17) is 4.52 Å². The van der Waals surface area contributed by atoms with Crippen molar-refractivity contribution in [1.82, 2.24) is 19.6 Å². The highest BCUT2D eigenvalue weighted by atomic mass is 32.1. The van der Waals surface area contributed by atoms with Gasteiger partial charge in [-0.05, 0) is 26.2 Å². The molecule has 0 spiro atoms. The third kappa shape index (κ3) is 2.64. The van der Waals surface area contributed by atoms with Gasteiger partial charge in [-0.2, -0.15) is 0 Å². The van der Waals surface area contributed by atoms with Crippen LogP contribution in [0.4, 0.5) is 9.80 Å². The first-order valence-electron chi connectivity index (χ1n) is 6.52. The minimum atomic E-state index is -0.138. The van der Waals surface area contributed by atoms with Crippen molar-refractivity contribution in [2.75, 3.05) is 11.9 Å². The average molecular weight is 293 g/mol. The molecule has 1 aliphatic rings. The predicted octanol–water partition coefficient (Wildman–Crippen LogP) is 2.59. The molecule has 0 aliphatic carbocycles. The molecule has 1 fully saturated rings. The standard InChI is InChI=1S/C12H15N5O2S/c1-8-6-9(15-19-8)10-4-2-3-5-17(10)12(18)14-11-7-13-16-20-11/h6-7,10H,2-5H2,1H3,(H,14,18)/t10-/m0/s1. The maximum atomic E-state index is 12.4. The first-order chi connectivity index (χ1) is 9.74. The van der Waals surface area contributed by atoms with Crippen LogP contribution in [0.15, 0.2) is 16.8 Å². The van der Waals surface area contributed by atoms with Crippen LogP contribution < -0.4 is 5.32 Å². The number of rotatable bonds is 2. The summed E-state index contributed by atoms with van der Waals surface area (Å²) in [7, 11) is 0. The quantitative estimate of drug-likeness (QED) is 0.920. The van der Waals surface area contributed by atoms with Gasteiger partial charge in [-0.15, -0.1) is 5.10 Å². The number of urea groups is 1. The Labute approximate surface area is 120 Å². The molecule has 1 aliphatic heterocycles. The fourth-order valence-corrected chi connectivity index (χ4v) is 2.83. The third-order valence-corrected chi connectivity index (χ3v) is 3.92. The summed E-state index contributed by atoms with van der Waals surface area (Å²) in [5.74, 6) is 0.762. The Kier molecular flexibility index (Phi) is 3.64. The molecular weight excluding hydrogens is 278 g/mol. The third-order valence-electron chi connectivity index (χ3n) is 3.34. The normalized spacial score (nSPS) is 19.1. The molecule has 1 saturated heterocycles. The van der Waals surface area contributed by atoms with Gasteiger partial charge in [-0.3, -0.25) is 5.32 Å². The summed E-state index contributed by atoms with van der Waals surface area (Å²) in [6.07, 6.45) is 4.53. The van der Waals surface area contributed by atoms with Crippen LogP contribution in [-0.2, 0) is 0 Å². The van der Waals surface area contributed by atoms with Crippen LogP contribution in [0.1, 0.15) is 36.8 Å². The first kappa shape index (κ1) is 13.0. The number of carbonyl (C=O) groups is 1. The van der Waals surface area contributed by atoms with E-state index in [9.17, 15) is 4.79 Å². The summed E-state index contributed by atoms with van der Waals surface area (Å²) in [6, 6.07) is 1.73. The smallest absolute Gasteiger partial charge is 0.323 e. The molecule has 20 heavy (non-hydrogen) atoms. The summed E-state index contributed by atoms with van der Waals surface area (Å²) in [4.78, 5) is 14.2. The van der Waals surface area contributed by atoms with Crippen molar-refractivity contribution >= 4 is 22.6 Å². The van der Waals surface area contributed by atoms with Gasteiger partial charge in [0.1, 0.15) is 16.5 Å². The predicted molar refractivity (Wildman–Crippen MR) is 73.5 cm³/mol. The van der Waals surface area contributed by atoms with Crippen LogP contribution in [0.25, 0.3) is 0 Å². The Morgan fingerprint density at radius 2 is 2.45 bits per heavy atom. The number of aromatic nitrogens is 3. The van der Waals surface area contributed by atoms with E-state index in [1.165, 1.54) is 0 Å². The average Bonchev–Trinajstić information content (AvgIpc) is 3.10. The summed E-state index contributed by atoms with van der Waals surface area (Å²) < 4.78 is 8.86. The van der Waals surface area contributed by atoms with Gasteiger partial charge < -0.3 is 9.42 Å². The minimum Gasteiger partial charge on any atom is -0.361 e. The Hall–Kier alpha value is -1.96. The lowest BCUT2D eigenvalue weighted by atomic mass is 9.99. The molecule has 2 amide bonds. The molecule has 3 heterocycles. The number of carbonyl (C=O) groups excluding carboxylic acids is 1. The van der Waals surface area contributed by atoms with E-state index in [2.05, 4.69) is 20.1 Å².